The highest BCUT2D eigenvalue weighted by Crippen LogP contribution is 2.25. The van der Waals surface area contributed by atoms with Crippen LogP contribution in [0.1, 0.15) is 22.0 Å². The summed E-state index contributed by atoms with van der Waals surface area (Å²) in [6.07, 6.45) is 1.69. The van der Waals surface area contributed by atoms with Gasteiger partial charge in [-0.3, -0.25) is 4.79 Å². The number of benzene rings is 1. The van der Waals surface area contributed by atoms with Crippen molar-refractivity contribution in [1.29, 1.82) is 0 Å². The number of likely N-dealkylation sites (tertiary alicyclic amines) is 1. The van der Waals surface area contributed by atoms with E-state index in [-0.39, 0.29) is 5.91 Å². The molecule has 1 atom stereocenters. The molecule has 2 aromatic heterocycles. The topological polar surface area (TPSA) is 59.2 Å². The second-order valence-electron chi connectivity index (χ2n) is 5.95. The summed E-state index contributed by atoms with van der Waals surface area (Å²) in [5.41, 5.74) is 0.928. The molecule has 4 rings (SSSR count). The van der Waals surface area contributed by atoms with Crippen LogP contribution in [0.2, 0.25) is 0 Å². The van der Waals surface area contributed by atoms with E-state index in [0.717, 1.165) is 30.0 Å². The van der Waals surface area contributed by atoms with Crippen LogP contribution in [-0.4, -0.2) is 34.1 Å². The molecule has 6 heteroatoms. The van der Waals surface area contributed by atoms with Gasteiger partial charge in [-0.15, -0.1) is 21.5 Å². The summed E-state index contributed by atoms with van der Waals surface area (Å²) >= 11 is 1.49. The highest BCUT2D eigenvalue weighted by Gasteiger charge is 2.28. The Morgan fingerprint density at radius 3 is 2.88 bits per heavy atom. The highest BCUT2D eigenvalue weighted by molar-refractivity contribution is 7.12. The van der Waals surface area contributed by atoms with Gasteiger partial charge in [0.1, 0.15) is 0 Å². The lowest BCUT2D eigenvalue weighted by molar-refractivity contribution is 0.0791. The van der Waals surface area contributed by atoms with Crippen LogP contribution < -0.4 is 0 Å². The Hall–Kier alpha value is -2.47. The maximum atomic E-state index is 12.4. The Bertz CT molecular complexity index is 814. The molecule has 1 saturated heterocycles. The van der Waals surface area contributed by atoms with Crippen molar-refractivity contribution < 1.29 is 9.21 Å². The van der Waals surface area contributed by atoms with Crippen molar-refractivity contribution in [2.24, 2.45) is 5.92 Å². The molecule has 0 bridgehead atoms. The molecule has 122 valence electrons. The quantitative estimate of drug-likeness (QED) is 0.730. The minimum absolute atomic E-state index is 0.128. The molecule has 3 aromatic rings. The number of hydrogen-bond acceptors (Lipinski definition) is 5. The highest BCUT2D eigenvalue weighted by atomic mass is 32.1. The van der Waals surface area contributed by atoms with Gasteiger partial charge in [-0.05, 0) is 35.9 Å². The lowest BCUT2D eigenvalue weighted by Gasteiger charge is -2.14. The third-order valence-corrected chi connectivity index (χ3v) is 5.11. The third-order valence-electron chi connectivity index (χ3n) is 4.26. The number of nitrogens with zero attached hydrogens (tertiary/aromatic N) is 3. The van der Waals surface area contributed by atoms with Crippen LogP contribution in [0.15, 0.2) is 52.3 Å². The summed E-state index contributed by atoms with van der Waals surface area (Å²) in [4.78, 5) is 15.1. The van der Waals surface area contributed by atoms with Gasteiger partial charge in [0, 0.05) is 25.1 Å². The van der Waals surface area contributed by atoms with Gasteiger partial charge in [-0.2, -0.15) is 0 Å². The molecule has 1 aliphatic heterocycles. The molecular weight excluding hydrogens is 322 g/mol. The Morgan fingerprint density at radius 2 is 2.08 bits per heavy atom. The zero-order chi connectivity index (χ0) is 16.4. The van der Waals surface area contributed by atoms with Crippen LogP contribution in [0.3, 0.4) is 0 Å². The van der Waals surface area contributed by atoms with E-state index < -0.39 is 0 Å². The van der Waals surface area contributed by atoms with Crippen molar-refractivity contribution in [2.45, 2.75) is 12.8 Å². The number of carbonyl (C=O) groups is 1. The van der Waals surface area contributed by atoms with E-state index in [1.807, 2.05) is 52.7 Å². The molecule has 0 aliphatic carbocycles. The normalized spacial score (nSPS) is 17.3. The van der Waals surface area contributed by atoms with Gasteiger partial charge in [0.15, 0.2) is 0 Å². The number of rotatable bonds is 4. The largest absolute Gasteiger partial charge is 0.421 e. The Kier molecular flexibility index (Phi) is 4.13. The van der Waals surface area contributed by atoms with Crippen LogP contribution in [0.4, 0.5) is 0 Å². The number of aromatic nitrogens is 2. The minimum atomic E-state index is 0.128. The van der Waals surface area contributed by atoms with Gasteiger partial charge in [-0.1, -0.05) is 24.3 Å². The fourth-order valence-corrected chi connectivity index (χ4v) is 3.71. The van der Waals surface area contributed by atoms with Gasteiger partial charge < -0.3 is 9.32 Å². The van der Waals surface area contributed by atoms with Crippen LogP contribution in [0.5, 0.6) is 0 Å². The lowest BCUT2D eigenvalue weighted by Crippen LogP contribution is -2.28. The van der Waals surface area contributed by atoms with E-state index in [1.54, 1.807) is 0 Å². The smallest absolute Gasteiger partial charge is 0.263 e. The monoisotopic (exact) mass is 339 g/mol. The SMILES string of the molecule is O=C(c1cccs1)N1CC[C@H](Cc2nnc(-c3ccccc3)o2)C1. The average molecular weight is 339 g/mol. The second-order valence-corrected chi connectivity index (χ2v) is 6.90. The van der Waals surface area contributed by atoms with Crippen molar-refractivity contribution in [2.75, 3.05) is 13.1 Å². The maximum Gasteiger partial charge on any atom is 0.263 e. The van der Waals surface area contributed by atoms with Gasteiger partial charge in [-0.25, -0.2) is 0 Å². The summed E-state index contributed by atoms with van der Waals surface area (Å²) in [5, 5.41) is 10.2. The zero-order valence-electron chi connectivity index (χ0n) is 13.1. The standard InChI is InChI=1S/C18H17N3O2S/c22-18(15-7-4-10-24-15)21-9-8-13(12-21)11-16-19-20-17(23-16)14-5-2-1-3-6-14/h1-7,10,13H,8-9,11-12H2/t13-/m1/s1. The first kappa shape index (κ1) is 15.1. The first-order valence-corrected chi connectivity index (χ1v) is 8.88. The van der Waals surface area contributed by atoms with E-state index in [9.17, 15) is 4.79 Å². The molecule has 0 unspecified atom stereocenters. The first-order chi connectivity index (χ1) is 11.8. The fraction of sp³-hybridized carbons (Fsp3) is 0.278. The van der Waals surface area contributed by atoms with E-state index in [4.69, 9.17) is 4.42 Å². The summed E-state index contributed by atoms with van der Waals surface area (Å²) < 4.78 is 5.78. The Balaban J connectivity index is 1.39. The summed E-state index contributed by atoms with van der Waals surface area (Å²) in [5.74, 6) is 1.69. The van der Waals surface area contributed by atoms with Gasteiger partial charge in [0.25, 0.3) is 5.91 Å². The van der Waals surface area contributed by atoms with Crippen LogP contribution in [0, 0.1) is 5.92 Å². The third kappa shape index (κ3) is 3.10. The van der Waals surface area contributed by atoms with Crippen molar-refractivity contribution in [1.82, 2.24) is 15.1 Å². The van der Waals surface area contributed by atoms with Crippen molar-refractivity contribution in [3.63, 3.8) is 0 Å². The van der Waals surface area contributed by atoms with E-state index in [0.29, 0.717) is 24.1 Å². The summed E-state index contributed by atoms with van der Waals surface area (Å²) in [6.45, 7) is 1.54. The zero-order valence-corrected chi connectivity index (χ0v) is 13.9. The average Bonchev–Trinajstić information content (AvgIpc) is 3.37. The predicted octanol–water partition coefficient (Wildman–Crippen LogP) is 3.50. The number of thiophene rings is 1. The number of carbonyl (C=O) groups excluding carboxylic acids is 1. The molecule has 1 aromatic carbocycles. The lowest BCUT2D eigenvalue weighted by atomic mass is 10.1. The van der Waals surface area contributed by atoms with E-state index >= 15 is 0 Å². The number of amides is 1. The Labute approximate surface area is 143 Å². The molecule has 1 aliphatic rings. The summed E-state index contributed by atoms with van der Waals surface area (Å²) in [7, 11) is 0. The van der Waals surface area contributed by atoms with Crippen LogP contribution >= 0.6 is 11.3 Å². The van der Waals surface area contributed by atoms with Gasteiger partial charge in [0.05, 0.1) is 4.88 Å². The van der Waals surface area contributed by atoms with Crippen LogP contribution in [-0.2, 0) is 6.42 Å². The maximum absolute atomic E-state index is 12.4. The Morgan fingerprint density at radius 1 is 1.21 bits per heavy atom. The minimum Gasteiger partial charge on any atom is -0.421 e. The van der Waals surface area contributed by atoms with E-state index in [2.05, 4.69) is 10.2 Å². The molecule has 0 saturated carbocycles. The fourth-order valence-electron chi connectivity index (χ4n) is 3.02. The van der Waals surface area contributed by atoms with Crippen LogP contribution in [0.25, 0.3) is 11.5 Å². The molecular formula is C18H17N3O2S. The van der Waals surface area contributed by atoms with Crippen molar-refractivity contribution in [3.8, 4) is 11.5 Å². The molecule has 5 nitrogen and oxygen atoms in total. The molecule has 0 spiro atoms. The van der Waals surface area contributed by atoms with Crippen molar-refractivity contribution in [3.05, 3.63) is 58.6 Å². The second kappa shape index (κ2) is 6.57. The number of hydrogen-bond donors (Lipinski definition) is 0. The predicted molar refractivity (Wildman–Crippen MR) is 91.8 cm³/mol. The molecule has 1 fully saturated rings. The van der Waals surface area contributed by atoms with Gasteiger partial charge in [0.2, 0.25) is 11.8 Å². The molecule has 3 heterocycles. The molecule has 0 radical (unpaired) electrons. The van der Waals surface area contributed by atoms with Gasteiger partial charge >= 0.3 is 0 Å². The molecule has 0 N–H and O–H groups in total. The van der Waals surface area contributed by atoms with Crippen molar-refractivity contribution >= 4 is 17.2 Å². The molecule has 1 amide bonds. The first-order valence-electron chi connectivity index (χ1n) is 8.00. The summed E-state index contributed by atoms with van der Waals surface area (Å²) in [6, 6.07) is 13.6. The molecule has 24 heavy (non-hydrogen) atoms. The van der Waals surface area contributed by atoms with E-state index in [1.165, 1.54) is 11.3 Å².